The van der Waals surface area contributed by atoms with Crippen LogP contribution < -0.4 is 4.72 Å². The maximum atomic E-state index is 12.8. The molecular weight excluding hydrogens is 279 g/mol. The van der Waals surface area contributed by atoms with Crippen LogP contribution in [0.25, 0.3) is 0 Å². The Balaban J connectivity index is 1.90. The number of benzene rings is 1. The minimum atomic E-state index is -3.68. The number of fused-ring (bicyclic) bond motifs is 1. The molecule has 0 radical (unpaired) electrons. The number of hydrogen-bond donors (Lipinski definition) is 1. The number of hydrogen-bond acceptors (Lipinski definition) is 3. The van der Waals surface area contributed by atoms with E-state index in [1.807, 2.05) is 6.07 Å². The van der Waals surface area contributed by atoms with Gasteiger partial charge in [0.2, 0.25) is 0 Å². The number of nitrogens with one attached hydrogen (secondary N) is 1. The summed E-state index contributed by atoms with van der Waals surface area (Å²) in [5.74, 6) is -0.405. The van der Waals surface area contributed by atoms with Crippen molar-refractivity contribution < 1.29 is 12.8 Å². The number of pyridine rings is 1. The maximum Gasteiger partial charge on any atom is 0.263 e. The monoisotopic (exact) mass is 292 g/mol. The Hall–Kier alpha value is -1.95. The molecule has 0 atom stereocenters. The van der Waals surface area contributed by atoms with Crippen molar-refractivity contribution in [1.82, 2.24) is 4.98 Å². The Morgan fingerprint density at radius 1 is 1.10 bits per heavy atom. The third-order valence-electron chi connectivity index (χ3n) is 3.35. The van der Waals surface area contributed by atoms with E-state index in [2.05, 4.69) is 9.71 Å². The van der Waals surface area contributed by atoms with Crippen molar-refractivity contribution in [2.24, 2.45) is 0 Å². The molecule has 0 saturated heterocycles. The number of anilines is 1. The summed E-state index contributed by atoms with van der Waals surface area (Å²) in [6, 6.07) is 7.60. The number of aryl methyl sites for hydroxylation is 2. The zero-order valence-electron chi connectivity index (χ0n) is 10.6. The van der Waals surface area contributed by atoms with Gasteiger partial charge in [-0.2, -0.15) is 0 Å². The quantitative estimate of drug-likeness (QED) is 0.945. The average Bonchev–Trinajstić information content (AvgIpc) is 2.88. The lowest BCUT2D eigenvalue weighted by molar-refractivity contribution is 0.600. The highest BCUT2D eigenvalue weighted by atomic mass is 32.2. The van der Waals surface area contributed by atoms with Gasteiger partial charge in [-0.05, 0) is 54.7 Å². The van der Waals surface area contributed by atoms with Crippen LogP contribution in [-0.2, 0) is 22.9 Å². The van der Waals surface area contributed by atoms with Gasteiger partial charge in [0.25, 0.3) is 10.0 Å². The van der Waals surface area contributed by atoms with Crippen molar-refractivity contribution >= 4 is 15.8 Å². The first-order chi connectivity index (χ1) is 9.54. The molecular formula is C14H13FN2O2S. The second-order valence-electron chi connectivity index (χ2n) is 4.75. The maximum absolute atomic E-state index is 12.8. The number of aromatic nitrogens is 1. The zero-order chi connectivity index (χ0) is 14.2. The molecule has 6 heteroatoms. The number of rotatable bonds is 3. The van der Waals surface area contributed by atoms with Crippen LogP contribution in [-0.4, -0.2) is 13.4 Å². The Kier molecular flexibility index (Phi) is 3.17. The number of nitrogens with zero attached hydrogens (tertiary/aromatic N) is 1. The smallest absolute Gasteiger partial charge is 0.263 e. The summed E-state index contributed by atoms with van der Waals surface area (Å²) < 4.78 is 39.6. The Labute approximate surface area is 116 Å². The predicted octanol–water partition coefficient (Wildman–Crippen LogP) is 2.51. The van der Waals surface area contributed by atoms with Crippen LogP contribution in [0.3, 0.4) is 0 Å². The second-order valence-corrected chi connectivity index (χ2v) is 6.43. The lowest BCUT2D eigenvalue weighted by atomic mass is 10.1. The molecule has 0 bridgehead atoms. The average molecular weight is 292 g/mol. The standard InChI is InChI=1S/C14H13FN2O2S/c15-12-5-7-14(16-9-12)17-20(18,19)13-6-4-10-2-1-3-11(10)8-13/h4-9H,1-3H2,(H,16,17). The highest BCUT2D eigenvalue weighted by Crippen LogP contribution is 2.25. The molecule has 0 amide bonds. The van der Waals surface area contributed by atoms with Gasteiger partial charge in [0.15, 0.2) is 0 Å². The van der Waals surface area contributed by atoms with E-state index in [4.69, 9.17) is 0 Å². The van der Waals surface area contributed by atoms with Gasteiger partial charge in [0, 0.05) is 0 Å². The van der Waals surface area contributed by atoms with Crippen molar-refractivity contribution in [3.63, 3.8) is 0 Å². The van der Waals surface area contributed by atoms with Crippen LogP contribution in [0.5, 0.6) is 0 Å². The molecule has 2 aromatic rings. The summed E-state index contributed by atoms with van der Waals surface area (Å²) in [5, 5.41) is 0. The largest absolute Gasteiger partial charge is 0.263 e. The molecule has 0 spiro atoms. The minimum absolute atomic E-state index is 0.104. The van der Waals surface area contributed by atoms with E-state index in [0.29, 0.717) is 0 Å². The van der Waals surface area contributed by atoms with Crippen molar-refractivity contribution in [2.75, 3.05) is 4.72 Å². The fraction of sp³-hybridized carbons (Fsp3) is 0.214. The minimum Gasteiger partial charge on any atom is -0.263 e. The van der Waals surface area contributed by atoms with E-state index in [1.165, 1.54) is 11.6 Å². The summed E-state index contributed by atoms with van der Waals surface area (Å²) in [6.07, 6.45) is 3.95. The third kappa shape index (κ3) is 2.51. The molecule has 0 aliphatic heterocycles. The molecule has 104 valence electrons. The number of sulfonamides is 1. The zero-order valence-corrected chi connectivity index (χ0v) is 11.5. The van der Waals surface area contributed by atoms with Crippen LogP contribution >= 0.6 is 0 Å². The lowest BCUT2D eigenvalue weighted by Gasteiger charge is -2.08. The van der Waals surface area contributed by atoms with Gasteiger partial charge < -0.3 is 0 Å². The number of halogens is 1. The Morgan fingerprint density at radius 3 is 2.65 bits per heavy atom. The lowest BCUT2D eigenvalue weighted by Crippen LogP contribution is -2.14. The summed E-state index contributed by atoms with van der Waals surface area (Å²) in [6.45, 7) is 0. The molecule has 1 aliphatic rings. The van der Waals surface area contributed by atoms with Crippen LogP contribution in [0.2, 0.25) is 0 Å². The first kappa shape index (κ1) is 13.1. The summed E-state index contributed by atoms with van der Waals surface area (Å²) >= 11 is 0. The van der Waals surface area contributed by atoms with Gasteiger partial charge >= 0.3 is 0 Å². The fourth-order valence-electron chi connectivity index (χ4n) is 2.35. The van der Waals surface area contributed by atoms with Gasteiger partial charge in [0.1, 0.15) is 11.6 Å². The molecule has 1 heterocycles. The molecule has 0 fully saturated rings. The van der Waals surface area contributed by atoms with Gasteiger partial charge in [-0.15, -0.1) is 0 Å². The highest BCUT2D eigenvalue weighted by Gasteiger charge is 2.18. The van der Waals surface area contributed by atoms with Gasteiger partial charge in [0.05, 0.1) is 11.1 Å². The van der Waals surface area contributed by atoms with Crippen molar-refractivity contribution in [1.29, 1.82) is 0 Å². The molecule has 1 aromatic carbocycles. The van der Waals surface area contributed by atoms with E-state index < -0.39 is 15.8 Å². The Morgan fingerprint density at radius 2 is 1.90 bits per heavy atom. The molecule has 1 aliphatic carbocycles. The molecule has 1 N–H and O–H groups in total. The van der Waals surface area contributed by atoms with E-state index in [1.54, 1.807) is 12.1 Å². The molecule has 3 rings (SSSR count). The SMILES string of the molecule is O=S(=O)(Nc1ccc(F)cn1)c1ccc2c(c1)CCC2. The molecule has 4 nitrogen and oxygen atoms in total. The van der Waals surface area contributed by atoms with E-state index in [-0.39, 0.29) is 10.7 Å². The predicted molar refractivity (Wildman–Crippen MR) is 73.5 cm³/mol. The molecule has 1 aromatic heterocycles. The van der Waals surface area contributed by atoms with Crippen LogP contribution in [0, 0.1) is 5.82 Å². The topological polar surface area (TPSA) is 59.1 Å². The van der Waals surface area contributed by atoms with Crippen molar-refractivity contribution in [3.8, 4) is 0 Å². The van der Waals surface area contributed by atoms with Crippen molar-refractivity contribution in [2.45, 2.75) is 24.2 Å². The van der Waals surface area contributed by atoms with E-state index >= 15 is 0 Å². The van der Waals surface area contributed by atoms with Crippen LogP contribution in [0.15, 0.2) is 41.4 Å². The van der Waals surface area contributed by atoms with Crippen molar-refractivity contribution in [3.05, 3.63) is 53.5 Å². The Bertz CT molecular complexity index is 742. The van der Waals surface area contributed by atoms with E-state index in [0.717, 1.165) is 37.1 Å². The summed E-state index contributed by atoms with van der Waals surface area (Å²) in [5.41, 5.74) is 2.30. The van der Waals surface area contributed by atoms with Crippen LogP contribution in [0.1, 0.15) is 17.5 Å². The summed E-state index contributed by atoms with van der Waals surface area (Å²) in [4.78, 5) is 3.91. The third-order valence-corrected chi connectivity index (χ3v) is 4.70. The van der Waals surface area contributed by atoms with Crippen LogP contribution in [0.4, 0.5) is 10.2 Å². The first-order valence-electron chi connectivity index (χ1n) is 6.31. The highest BCUT2D eigenvalue weighted by molar-refractivity contribution is 7.92. The van der Waals surface area contributed by atoms with Gasteiger partial charge in [-0.25, -0.2) is 17.8 Å². The second kappa shape index (κ2) is 4.86. The molecule has 0 unspecified atom stereocenters. The van der Waals surface area contributed by atoms with Gasteiger partial charge in [-0.1, -0.05) is 6.07 Å². The first-order valence-corrected chi connectivity index (χ1v) is 7.79. The summed E-state index contributed by atoms with van der Waals surface area (Å²) in [7, 11) is -3.68. The van der Waals surface area contributed by atoms with E-state index in [9.17, 15) is 12.8 Å². The normalized spacial score (nSPS) is 14.1. The molecule has 0 saturated carbocycles. The van der Waals surface area contributed by atoms with Gasteiger partial charge in [-0.3, -0.25) is 4.72 Å². The fourth-order valence-corrected chi connectivity index (χ4v) is 3.41. The molecule has 20 heavy (non-hydrogen) atoms.